The molecule has 2 aromatic rings. The van der Waals surface area contributed by atoms with Crippen LogP contribution in [0.25, 0.3) is 0 Å². The van der Waals surface area contributed by atoms with Crippen molar-refractivity contribution < 1.29 is 4.79 Å². The minimum Gasteiger partial charge on any atom is -0.292 e. The maximum atomic E-state index is 12.4. The summed E-state index contributed by atoms with van der Waals surface area (Å²) in [6.07, 6.45) is 0. The van der Waals surface area contributed by atoms with Crippen molar-refractivity contribution >= 4 is 33.3 Å². The molecule has 1 atom stereocenters. The van der Waals surface area contributed by atoms with E-state index >= 15 is 0 Å². The Balaban J connectivity index is 2.42. The number of ketones is 1. The van der Waals surface area contributed by atoms with Crippen LogP contribution in [0.2, 0.25) is 5.02 Å². The van der Waals surface area contributed by atoms with Gasteiger partial charge in [0, 0.05) is 15.1 Å². The largest absolute Gasteiger partial charge is 0.292 e. The van der Waals surface area contributed by atoms with Crippen LogP contribution in [0, 0.1) is 11.3 Å². The number of benzene rings is 2. The third-order valence-electron chi connectivity index (χ3n) is 2.72. The highest BCUT2D eigenvalue weighted by Crippen LogP contribution is 2.28. The summed E-state index contributed by atoms with van der Waals surface area (Å²) in [5.74, 6) is -1.09. The first-order valence-electron chi connectivity index (χ1n) is 5.57. The van der Waals surface area contributed by atoms with Crippen LogP contribution in [0.5, 0.6) is 0 Å². The predicted octanol–water partition coefficient (Wildman–Crippen LogP) is 4.59. The molecule has 0 amide bonds. The molecule has 0 radical (unpaired) electrons. The molecule has 1 unspecified atom stereocenters. The van der Waals surface area contributed by atoms with E-state index in [0.29, 0.717) is 16.1 Å². The molecule has 0 saturated heterocycles. The number of hydrogen-bond donors (Lipinski definition) is 0. The Bertz CT molecular complexity index is 663. The van der Waals surface area contributed by atoms with Crippen LogP contribution in [0.4, 0.5) is 0 Å². The molecule has 19 heavy (non-hydrogen) atoms. The Labute approximate surface area is 124 Å². The van der Waals surface area contributed by atoms with Gasteiger partial charge in [0.2, 0.25) is 0 Å². The van der Waals surface area contributed by atoms with Gasteiger partial charge < -0.3 is 0 Å². The van der Waals surface area contributed by atoms with E-state index in [-0.39, 0.29) is 5.78 Å². The molecular weight excluding hydrogens is 326 g/mol. The molecule has 0 aromatic heterocycles. The van der Waals surface area contributed by atoms with Crippen molar-refractivity contribution in [1.29, 1.82) is 5.26 Å². The van der Waals surface area contributed by atoms with Crippen molar-refractivity contribution in [3.05, 3.63) is 69.2 Å². The van der Waals surface area contributed by atoms with E-state index in [2.05, 4.69) is 22.0 Å². The molecule has 0 aliphatic heterocycles. The predicted molar refractivity (Wildman–Crippen MR) is 78.3 cm³/mol. The Kier molecular flexibility index (Phi) is 4.36. The van der Waals surface area contributed by atoms with Gasteiger partial charge in [-0.05, 0) is 23.8 Å². The van der Waals surface area contributed by atoms with E-state index in [0.717, 1.165) is 4.47 Å². The summed E-state index contributed by atoms with van der Waals surface area (Å²) in [5, 5.41) is 9.76. The van der Waals surface area contributed by atoms with Crippen LogP contribution >= 0.6 is 27.5 Å². The SMILES string of the molecule is N#CC(C(=O)c1cccc(Cl)c1)c1ccccc1Br. The second-order valence-corrected chi connectivity index (χ2v) is 5.25. The lowest BCUT2D eigenvalue weighted by atomic mass is 9.92. The van der Waals surface area contributed by atoms with Crippen molar-refractivity contribution in [3.8, 4) is 6.07 Å². The highest BCUT2D eigenvalue weighted by Gasteiger charge is 2.23. The third kappa shape index (κ3) is 3.04. The summed E-state index contributed by atoms with van der Waals surface area (Å²) in [7, 11) is 0. The summed E-state index contributed by atoms with van der Waals surface area (Å²) >= 11 is 9.23. The standard InChI is InChI=1S/C15H9BrClNO/c16-14-7-2-1-6-12(14)13(9-18)15(19)10-4-3-5-11(17)8-10/h1-8,13H. The molecule has 2 rings (SSSR count). The number of carbonyl (C=O) groups is 1. The number of hydrogen-bond acceptors (Lipinski definition) is 2. The highest BCUT2D eigenvalue weighted by atomic mass is 79.9. The van der Waals surface area contributed by atoms with Gasteiger partial charge in [0.05, 0.1) is 6.07 Å². The Morgan fingerprint density at radius 3 is 2.58 bits per heavy atom. The van der Waals surface area contributed by atoms with E-state index in [9.17, 15) is 10.1 Å². The van der Waals surface area contributed by atoms with E-state index < -0.39 is 5.92 Å². The number of nitriles is 1. The fraction of sp³-hybridized carbons (Fsp3) is 0.0667. The maximum absolute atomic E-state index is 12.4. The summed E-state index contributed by atoms with van der Waals surface area (Å²) in [5.41, 5.74) is 1.10. The van der Waals surface area contributed by atoms with Crippen LogP contribution in [-0.4, -0.2) is 5.78 Å². The molecule has 2 nitrogen and oxygen atoms in total. The lowest BCUT2D eigenvalue weighted by molar-refractivity contribution is 0.0978. The van der Waals surface area contributed by atoms with Crippen LogP contribution in [0.3, 0.4) is 0 Å². The zero-order valence-electron chi connectivity index (χ0n) is 9.81. The fourth-order valence-electron chi connectivity index (χ4n) is 1.79. The molecule has 4 heteroatoms. The smallest absolute Gasteiger partial charge is 0.184 e. The number of rotatable bonds is 3. The maximum Gasteiger partial charge on any atom is 0.184 e. The number of Topliss-reactive ketones (excluding diaryl/α,β-unsaturated/α-hetero) is 1. The van der Waals surface area contributed by atoms with Crippen LogP contribution in [0.15, 0.2) is 53.0 Å². The summed E-state index contributed by atoms with van der Waals surface area (Å²) < 4.78 is 0.747. The normalized spacial score (nSPS) is 11.6. The molecule has 0 aliphatic rings. The molecule has 0 heterocycles. The summed E-state index contributed by atoms with van der Waals surface area (Å²) in [6.45, 7) is 0. The van der Waals surface area contributed by atoms with Crippen molar-refractivity contribution in [3.63, 3.8) is 0 Å². The first kappa shape index (κ1) is 13.8. The van der Waals surface area contributed by atoms with Crippen LogP contribution < -0.4 is 0 Å². The van der Waals surface area contributed by atoms with E-state index in [1.54, 1.807) is 36.4 Å². The average Bonchev–Trinajstić information content (AvgIpc) is 2.41. The van der Waals surface area contributed by atoms with E-state index in [1.165, 1.54) is 0 Å². The minimum atomic E-state index is -0.839. The first-order valence-corrected chi connectivity index (χ1v) is 6.74. The molecule has 94 valence electrons. The number of nitrogens with zero attached hydrogens (tertiary/aromatic N) is 1. The molecule has 0 saturated carbocycles. The molecule has 2 aromatic carbocycles. The third-order valence-corrected chi connectivity index (χ3v) is 3.67. The molecule has 0 bridgehead atoms. The summed E-state index contributed by atoms with van der Waals surface area (Å²) in [6, 6.07) is 15.9. The number of carbonyl (C=O) groups excluding carboxylic acids is 1. The second kappa shape index (κ2) is 6.01. The summed E-state index contributed by atoms with van der Waals surface area (Å²) in [4.78, 5) is 12.4. The first-order chi connectivity index (χ1) is 9.13. The van der Waals surface area contributed by atoms with E-state index in [1.807, 2.05) is 12.1 Å². The Morgan fingerprint density at radius 1 is 1.21 bits per heavy atom. The average molecular weight is 335 g/mol. The van der Waals surface area contributed by atoms with Crippen molar-refractivity contribution in [2.24, 2.45) is 0 Å². The van der Waals surface area contributed by atoms with Gasteiger partial charge in [-0.3, -0.25) is 4.79 Å². The van der Waals surface area contributed by atoms with Crippen LogP contribution in [-0.2, 0) is 0 Å². The zero-order chi connectivity index (χ0) is 13.8. The van der Waals surface area contributed by atoms with Crippen molar-refractivity contribution in [1.82, 2.24) is 0 Å². The molecule has 0 spiro atoms. The second-order valence-electron chi connectivity index (χ2n) is 3.96. The lowest BCUT2D eigenvalue weighted by Gasteiger charge is -2.10. The molecule has 0 fully saturated rings. The Morgan fingerprint density at radius 2 is 1.95 bits per heavy atom. The molecular formula is C15H9BrClNO. The zero-order valence-corrected chi connectivity index (χ0v) is 12.1. The topological polar surface area (TPSA) is 40.9 Å². The van der Waals surface area contributed by atoms with Crippen molar-refractivity contribution in [2.45, 2.75) is 5.92 Å². The molecule has 0 aliphatic carbocycles. The van der Waals surface area contributed by atoms with Gasteiger partial charge >= 0.3 is 0 Å². The fourth-order valence-corrected chi connectivity index (χ4v) is 2.49. The van der Waals surface area contributed by atoms with Gasteiger partial charge in [0.1, 0.15) is 5.92 Å². The van der Waals surface area contributed by atoms with Gasteiger partial charge in [0.15, 0.2) is 5.78 Å². The van der Waals surface area contributed by atoms with Gasteiger partial charge in [-0.2, -0.15) is 5.26 Å². The monoisotopic (exact) mass is 333 g/mol. The quantitative estimate of drug-likeness (QED) is 0.770. The van der Waals surface area contributed by atoms with Gasteiger partial charge in [0.25, 0.3) is 0 Å². The van der Waals surface area contributed by atoms with Gasteiger partial charge in [-0.15, -0.1) is 0 Å². The van der Waals surface area contributed by atoms with Gasteiger partial charge in [-0.25, -0.2) is 0 Å². The Hall–Kier alpha value is -1.63. The minimum absolute atomic E-state index is 0.253. The van der Waals surface area contributed by atoms with Crippen molar-refractivity contribution in [2.75, 3.05) is 0 Å². The molecule has 0 N–H and O–H groups in total. The lowest BCUT2D eigenvalue weighted by Crippen LogP contribution is -2.11. The highest BCUT2D eigenvalue weighted by molar-refractivity contribution is 9.10. The van der Waals surface area contributed by atoms with E-state index in [4.69, 9.17) is 11.6 Å². The van der Waals surface area contributed by atoms with Crippen LogP contribution in [0.1, 0.15) is 21.8 Å². The number of halogens is 2. The van der Waals surface area contributed by atoms with Gasteiger partial charge in [-0.1, -0.05) is 57.9 Å².